The van der Waals surface area contributed by atoms with E-state index in [-0.39, 0.29) is 6.54 Å². The Morgan fingerprint density at radius 2 is 1.71 bits per heavy atom. The highest BCUT2D eigenvalue weighted by atomic mass is 19.4. The molecule has 0 bridgehead atoms. The normalized spacial score (nSPS) is 19.9. The molecule has 1 aliphatic rings. The predicted octanol–water partition coefficient (Wildman–Crippen LogP) is 3.66. The zero-order valence-electron chi connectivity index (χ0n) is 17.8. The van der Waals surface area contributed by atoms with Gasteiger partial charge in [0.05, 0.1) is 0 Å². The quantitative estimate of drug-likeness (QED) is 0.754. The number of pyridine rings is 1. The van der Waals surface area contributed by atoms with Gasteiger partial charge in [0.25, 0.3) is 5.56 Å². The Balaban J connectivity index is 1.63. The van der Waals surface area contributed by atoms with Crippen LogP contribution in [0.3, 0.4) is 0 Å². The topological polar surface area (TPSA) is 54.3 Å². The number of carbonyl (C=O) groups is 1. The fourth-order valence-corrected chi connectivity index (χ4v) is 4.33. The van der Waals surface area contributed by atoms with Crippen molar-refractivity contribution in [3.63, 3.8) is 0 Å². The van der Waals surface area contributed by atoms with Crippen LogP contribution in [0.4, 0.5) is 13.2 Å². The van der Waals surface area contributed by atoms with Crippen LogP contribution in [0.5, 0.6) is 0 Å². The minimum absolute atomic E-state index is 0.252. The second-order valence-electron chi connectivity index (χ2n) is 8.54. The van der Waals surface area contributed by atoms with E-state index < -0.39 is 29.8 Å². The molecule has 0 saturated carbocycles. The smallest absolute Gasteiger partial charge is 0.350 e. The Kier molecular flexibility index (Phi) is 7.20. The summed E-state index contributed by atoms with van der Waals surface area (Å²) in [4.78, 5) is 26.8. The van der Waals surface area contributed by atoms with Crippen LogP contribution in [0.25, 0.3) is 0 Å². The lowest BCUT2D eigenvalue weighted by atomic mass is 9.91. The largest absolute Gasteiger partial charge is 0.421 e. The molecule has 1 aromatic carbocycles. The molecule has 3 rings (SSSR count). The summed E-state index contributed by atoms with van der Waals surface area (Å²) < 4.78 is 39.5. The third kappa shape index (κ3) is 6.19. The van der Waals surface area contributed by atoms with E-state index in [2.05, 4.69) is 24.1 Å². The van der Waals surface area contributed by atoms with E-state index in [9.17, 15) is 22.8 Å². The third-order valence-corrected chi connectivity index (χ3v) is 5.57. The highest BCUT2D eigenvalue weighted by Gasteiger charge is 2.34. The molecule has 1 fully saturated rings. The lowest BCUT2D eigenvalue weighted by molar-refractivity contribution is -0.139. The molecule has 1 saturated heterocycles. The molecular weight excluding hydrogens is 407 g/mol. The van der Waals surface area contributed by atoms with Crippen molar-refractivity contribution in [3.8, 4) is 0 Å². The number of hydrogen-bond donors (Lipinski definition) is 1. The van der Waals surface area contributed by atoms with Gasteiger partial charge in [-0.25, -0.2) is 0 Å². The van der Waals surface area contributed by atoms with E-state index in [1.54, 1.807) is 0 Å². The van der Waals surface area contributed by atoms with Crippen molar-refractivity contribution >= 4 is 5.91 Å². The molecule has 1 aromatic heterocycles. The Hall–Kier alpha value is -2.61. The summed E-state index contributed by atoms with van der Waals surface area (Å²) in [6.07, 6.45) is -2.34. The van der Waals surface area contributed by atoms with E-state index in [1.807, 2.05) is 24.3 Å². The zero-order chi connectivity index (χ0) is 22.6. The lowest BCUT2D eigenvalue weighted by Crippen LogP contribution is -2.38. The van der Waals surface area contributed by atoms with Crippen LogP contribution in [-0.4, -0.2) is 28.5 Å². The second kappa shape index (κ2) is 9.68. The molecule has 5 nitrogen and oxygen atoms in total. The standard InChI is InChI=1S/C23H28F3N3O2/c1-16-10-17(2)13-28(12-16)14-19-7-4-3-6-18(19)11-27-21(30)15-29-9-5-8-20(22(29)31)23(24,25)26/h3-9,16-17H,10-15H2,1-2H3,(H,27,30)/t16-,17-/m0/s1. The number of piperidine rings is 1. The summed E-state index contributed by atoms with van der Waals surface area (Å²) in [6, 6.07) is 9.65. The molecule has 0 spiro atoms. The van der Waals surface area contributed by atoms with Crippen molar-refractivity contribution in [3.05, 3.63) is 69.6 Å². The van der Waals surface area contributed by atoms with Gasteiger partial charge in [-0.3, -0.25) is 14.5 Å². The van der Waals surface area contributed by atoms with E-state index >= 15 is 0 Å². The van der Waals surface area contributed by atoms with Crippen molar-refractivity contribution in [2.45, 2.75) is 46.1 Å². The van der Waals surface area contributed by atoms with Gasteiger partial charge >= 0.3 is 6.18 Å². The lowest BCUT2D eigenvalue weighted by Gasteiger charge is -2.35. The summed E-state index contributed by atoms with van der Waals surface area (Å²) >= 11 is 0. The summed E-state index contributed by atoms with van der Waals surface area (Å²) in [7, 11) is 0. The monoisotopic (exact) mass is 435 g/mol. The van der Waals surface area contributed by atoms with E-state index in [0.717, 1.165) is 47.5 Å². The molecule has 1 amide bonds. The third-order valence-electron chi connectivity index (χ3n) is 5.57. The van der Waals surface area contributed by atoms with Gasteiger partial charge in [-0.1, -0.05) is 38.1 Å². The number of likely N-dealkylation sites (tertiary alicyclic amines) is 1. The molecule has 0 radical (unpaired) electrons. The van der Waals surface area contributed by atoms with Crippen molar-refractivity contribution in [2.75, 3.05) is 13.1 Å². The van der Waals surface area contributed by atoms with E-state index in [1.165, 1.54) is 12.6 Å². The Bertz CT molecular complexity index is 961. The van der Waals surface area contributed by atoms with E-state index in [4.69, 9.17) is 0 Å². The van der Waals surface area contributed by atoms with Crippen LogP contribution in [0.1, 0.15) is 37.0 Å². The van der Waals surface area contributed by atoms with Gasteiger partial charge in [0.1, 0.15) is 12.1 Å². The van der Waals surface area contributed by atoms with Gasteiger partial charge in [-0.05, 0) is 41.5 Å². The molecule has 0 aliphatic carbocycles. The van der Waals surface area contributed by atoms with Crippen molar-refractivity contribution in [1.82, 2.24) is 14.8 Å². The average Bonchev–Trinajstić information content (AvgIpc) is 2.67. The summed E-state index contributed by atoms with van der Waals surface area (Å²) in [5.41, 5.74) is -0.435. The van der Waals surface area contributed by atoms with Crippen LogP contribution >= 0.6 is 0 Å². The fourth-order valence-electron chi connectivity index (χ4n) is 4.33. The molecule has 31 heavy (non-hydrogen) atoms. The number of nitrogens with zero attached hydrogens (tertiary/aromatic N) is 2. The number of aromatic nitrogens is 1. The maximum absolute atomic E-state index is 12.9. The summed E-state index contributed by atoms with van der Waals surface area (Å²) in [5, 5.41) is 2.73. The molecule has 168 valence electrons. The van der Waals surface area contributed by atoms with Gasteiger partial charge in [-0.2, -0.15) is 13.2 Å². The maximum atomic E-state index is 12.9. The molecule has 8 heteroatoms. The zero-order valence-corrected chi connectivity index (χ0v) is 17.8. The first-order valence-electron chi connectivity index (χ1n) is 10.5. The molecule has 2 aromatic rings. The number of nitrogens with one attached hydrogen (secondary N) is 1. The van der Waals surface area contributed by atoms with Gasteiger partial charge in [0.15, 0.2) is 0 Å². The van der Waals surface area contributed by atoms with Crippen LogP contribution in [0, 0.1) is 11.8 Å². The number of benzene rings is 1. The molecule has 1 N–H and O–H groups in total. The van der Waals surface area contributed by atoms with E-state index in [0.29, 0.717) is 11.8 Å². The number of halogens is 3. The second-order valence-corrected chi connectivity index (χ2v) is 8.54. The van der Waals surface area contributed by atoms with Gasteiger partial charge in [0.2, 0.25) is 5.91 Å². The number of amides is 1. The molecule has 2 atom stereocenters. The van der Waals surface area contributed by atoms with Gasteiger partial charge in [-0.15, -0.1) is 0 Å². The molecule has 2 heterocycles. The Labute approximate surface area is 179 Å². The number of carbonyl (C=O) groups excluding carboxylic acids is 1. The maximum Gasteiger partial charge on any atom is 0.421 e. The molecule has 0 unspecified atom stereocenters. The average molecular weight is 435 g/mol. The summed E-state index contributed by atoms with van der Waals surface area (Å²) in [5.74, 6) is 0.763. The van der Waals surface area contributed by atoms with Crippen LogP contribution < -0.4 is 10.9 Å². The number of hydrogen-bond acceptors (Lipinski definition) is 3. The Morgan fingerprint density at radius 3 is 2.35 bits per heavy atom. The number of alkyl halides is 3. The Morgan fingerprint density at radius 1 is 1.06 bits per heavy atom. The predicted molar refractivity (Wildman–Crippen MR) is 112 cm³/mol. The first kappa shape index (κ1) is 23.1. The molecule has 1 aliphatic heterocycles. The first-order valence-corrected chi connectivity index (χ1v) is 10.5. The minimum atomic E-state index is -4.75. The fraction of sp³-hybridized carbons (Fsp3) is 0.478. The van der Waals surface area contributed by atoms with Crippen LogP contribution in [0.15, 0.2) is 47.4 Å². The van der Waals surface area contributed by atoms with Gasteiger partial charge in [0, 0.05) is 32.4 Å². The van der Waals surface area contributed by atoms with Gasteiger partial charge < -0.3 is 9.88 Å². The SMILES string of the molecule is C[C@H]1C[C@H](C)CN(Cc2ccccc2CNC(=O)Cn2cccc(C(F)(F)F)c2=O)C1. The van der Waals surface area contributed by atoms with Crippen molar-refractivity contribution < 1.29 is 18.0 Å². The van der Waals surface area contributed by atoms with Crippen molar-refractivity contribution in [2.24, 2.45) is 11.8 Å². The highest BCUT2D eigenvalue weighted by Crippen LogP contribution is 2.26. The number of rotatable bonds is 6. The van der Waals surface area contributed by atoms with Crippen LogP contribution in [0.2, 0.25) is 0 Å². The first-order chi connectivity index (χ1) is 14.6. The van der Waals surface area contributed by atoms with Crippen molar-refractivity contribution in [1.29, 1.82) is 0 Å². The van der Waals surface area contributed by atoms with Crippen LogP contribution in [-0.2, 0) is 30.6 Å². The minimum Gasteiger partial charge on any atom is -0.350 e. The highest BCUT2D eigenvalue weighted by molar-refractivity contribution is 5.75. The molecular formula is C23H28F3N3O2. The summed E-state index contributed by atoms with van der Waals surface area (Å²) in [6.45, 7) is 7.14.